The number of amides is 2. The van der Waals surface area contributed by atoms with Crippen LogP contribution in [-0.2, 0) is 11.3 Å². The number of aromatic nitrogens is 3. The van der Waals surface area contributed by atoms with Crippen LogP contribution in [0.15, 0.2) is 78.0 Å². The fourth-order valence-electron chi connectivity index (χ4n) is 3.70. The third kappa shape index (κ3) is 6.92. The molecule has 1 aromatic heterocycles. The molecule has 38 heavy (non-hydrogen) atoms. The van der Waals surface area contributed by atoms with E-state index in [2.05, 4.69) is 20.8 Å². The molecule has 9 nitrogen and oxygen atoms in total. The average molecular weight is 532 g/mol. The van der Waals surface area contributed by atoms with Crippen molar-refractivity contribution in [2.45, 2.75) is 25.5 Å². The van der Waals surface area contributed by atoms with Gasteiger partial charge in [0.1, 0.15) is 11.5 Å². The molecule has 0 unspecified atom stereocenters. The second-order valence-electron chi connectivity index (χ2n) is 8.28. The molecule has 10 heteroatoms. The standard InChI is InChI=1S/C28H29N5O4S/c1-4-37-23-13-11-22(12-14-23)33-25(17-29-27(35)20-8-6-10-24(16-20)36-3)31-32-28(33)38-18-26(34)30-21-9-5-7-19(2)15-21/h5-16H,4,17-18H2,1-3H3,(H,29,35)(H,30,34). The number of nitrogens with one attached hydrogen (secondary N) is 2. The number of carbonyl (C=O) groups is 2. The van der Waals surface area contributed by atoms with Gasteiger partial charge in [-0.2, -0.15) is 0 Å². The maximum atomic E-state index is 12.8. The number of benzene rings is 3. The highest BCUT2D eigenvalue weighted by Gasteiger charge is 2.17. The van der Waals surface area contributed by atoms with Crippen LogP contribution in [0.1, 0.15) is 28.7 Å². The van der Waals surface area contributed by atoms with E-state index in [0.717, 1.165) is 22.7 Å². The van der Waals surface area contributed by atoms with Crippen LogP contribution in [0.25, 0.3) is 5.69 Å². The molecule has 0 aliphatic carbocycles. The molecule has 0 aliphatic heterocycles. The lowest BCUT2D eigenvalue weighted by Crippen LogP contribution is -2.24. The van der Waals surface area contributed by atoms with Crippen LogP contribution < -0.4 is 20.1 Å². The van der Waals surface area contributed by atoms with Crippen LogP contribution in [0.2, 0.25) is 0 Å². The first-order chi connectivity index (χ1) is 18.5. The molecule has 0 atom stereocenters. The molecule has 4 rings (SSSR count). The minimum Gasteiger partial charge on any atom is -0.497 e. The quantitative estimate of drug-likeness (QED) is 0.272. The fourth-order valence-corrected chi connectivity index (χ4v) is 4.47. The Morgan fingerprint density at radius 2 is 1.76 bits per heavy atom. The summed E-state index contributed by atoms with van der Waals surface area (Å²) in [5, 5.41) is 15.0. The highest BCUT2D eigenvalue weighted by molar-refractivity contribution is 7.99. The van der Waals surface area contributed by atoms with E-state index in [1.165, 1.54) is 11.8 Å². The van der Waals surface area contributed by atoms with Crippen LogP contribution in [0, 0.1) is 6.92 Å². The Bertz CT molecular complexity index is 1400. The number of methoxy groups -OCH3 is 1. The summed E-state index contributed by atoms with van der Waals surface area (Å²) in [6.45, 7) is 4.59. The predicted octanol–water partition coefficient (Wildman–Crippen LogP) is 4.64. The summed E-state index contributed by atoms with van der Waals surface area (Å²) in [4.78, 5) is 25.4. The van der Waals surface area contributed by atoms with Gasteiger partial charge in [-0.15, -0.1) is 10.2 Å². The molecule has 0 spiro atoms. The Kier molecular flexibility index (Phi) is 8.99. The first kappa shape index (κ1) is 26.7. The number of nitrogens with zero attached hydrogens (tertiary/aromatic N) is 3. The van der Waals surface area contributed by atoms with Gasteiger partial charge >= 0.3 is 0 Å². The van der Waals surface area contributed by atoms with Gasteiger partial charge in [0.2, 0.25) is 5.91 Å². The van der Waals surface area contributed by atoms with E-state index >= 15 is 0 Å². The van der Waals surface area contributed by atoms with Crippen molar-refractivity contribution in [1.82, 2.24) is 20.1 Å². The Labute approximate surface area is 225 Å². The zero-order valence-corrected chi connectivity index (χ0v) is 22.2. The highest BCUT2D eigenvalue weighted by atomic mass is 32.2. The maximum Gasteiger partial charge on any atom is 0.251 e. The van der Waals surface area contributed by atoms with Crippen molar-refractivity contribution in [3.8, 4) is 17.2 Å². The number of aryl methyl sites for hydroxylation is 1. The minimum atomic E-state index is -0.267. The smallest absolute Gasteiger partial charge is 0.251 e. The first-order valence-corrected chi connectivity index (χ1v) is 13.0. The molecule has 0 radical (unpaired) electrons. The van der Waals surface area contributed by atoms with Crippen molar-refractivity contribution in [2.24, 2.45) is 0 Å². The Balaban J connectivity index is 1.52. The van der Waals surface area contributed by atoms with Crippen LogP contribution >= 0.6 is 11.8 Å². The molecule has 1 heterocycles. The zero-order valence-electron chi connectivity index (χ0n) is 21.4. The monoisotopic (exact) mass is 531 g/mol. The van der Waals surface area contributed by atoms with Crippen molar-refractivity contribution in [1.29, 1.82) is 0 Å². The molecule has 0 saturated heterocycles. The largest absolute Gasteiger partial charge is 0.497 e. The second kappa shape index (κ2) is 12.8. The average Bonchev–Trinajstić information content (AvgIpc) is 3.34. The Morgan fingerprint density at radius 3 is 2.50 bits per heavy atom. The lowest BCUT2D eigenvalue weighted by atomic mass is 10.2. The number of hydrogen-bond donors (Lipinski definition) is 2. The maximum absolute atomic E-state index is 12.8. The Hall–Kier alpha value is -4.31. The van der Waals surface area contributed by atoms with Gasteiger partial charge in [0.15, 0.2) is 11.0 Å². The number of hydrogen-bond acceptors (Lipinski definition) is 7. The summed E-state index contributed by atoms with van der Waals surface area (Å²) in [5.41, 5.74) is 3.06. The molecule has 0 bridgehead atoms. The minimum absolute atomic E-state index is 0.131. The van der Waals surface area contributed by atoms with Crippen molar-refractivity contribution in [3.05, 3.63) is 89.7 Å². The zero-order chi connectivity index (χ0) is 26.9. The second-order valence-corrected chi connectivity index (χ2v) is 9.22. The summed E-state index contributed by atoms with van der Waals surface area (Å²) < 4.78 is 12.6. The molecular formula is C28H29N5O4S. The number of rotatable bonds is 11. The number of carbonyl (C=O) groups excluding carboxylic acids is 2. The molecular weight excluding hydrogens is 502 g/mol. The third-order valence-corrected chi connectivity index (χ3v) is 6.41. The van der Waals surface area contributed by atoms with Crippen molar-refractivity contribution < 1.29 is 19.1 Å². The van der Waals surface area contributed by atoms with Gasteiger partial charge in [-0.3, -0.25) is 14.2 Å². The molecule has 0 fully saturated rings. The lowest BCUT2D eigenvalue weighted by molar-refractivity contribution is -0.113. The Morgan fingerprint density at radius 1 is 0.974 bits per heavy atom. The summed E-state index contributed by atoms with van der Waals surface area (Å²) in [6.07, 6.45) is 0. The third-order valence-electron chi connectivity index (χ3n) is 5.48. The molecule has 196 valence electrons. The highest BCUT2D eigenvalue weighted by Crippen LogP contribution is 2.24. The van der Waals surface area contributed by atoms with Crippen molar-refractivity contribution in [3.63, 3.8) is 0 Å². The number of thioether (sulfide) groups is 1. The van der Waals surface area contributed by atoms with Gasteiger partial charge in [0.25, 0.3) is 5.91 Å². The summed E-state index contributed by atoms with van der Waals surface area (Å²) in [5.74, 6) is 1.57. The summed E-state index contributed by atoms with van der Waals surface area (Å²) in [6, 6.07) is 22.0. The van der Waals surface area contributed by atoms with E-state index in [-0.39, 0.29) is 24.1 Å². The van der Waals surface area contributed by atoms with Crippen LogP contribution in [0.4, 0.5) is 5.69 Å². The molecule has 4 aromatic rings. The molecule has 2 amide bonds. The van der Waals surface area contributed by atoms with Crippen molar-refractivity contribution in [2.75, 3.05) is 24.8 Å². The lowest BCUT2D eigenvalue weighted by Gasteiger charge is -2.12. The van der Waals surface area contributed by atoms with Gasteiger partial charge in [-0.25, -0.2) is 0 Å². The van der Waals surface area contributed by atoms with E-state index in [9.17, 15) is 9.59 Å². The summed E-state index contributed by atoms with van der Waals surface area (Å²) >= 11 is 1.26. The van der Waals surface area contributed by atoms with E-state index < -0.39 is 0 Å². The van der Waals surface area contributed by atoms with Crippen LogP contribution in [0.5, 0.6) is 11.5 Å². The van der Waals surface area contributed by atoms with Gasteiger partial charge in [0.05, 0.1) is 26.0 Å². The number of anilines is 1. The first-order valence-electron chi connectivity index (χ1n) is 12.1. The molecule has 0 saturated carbocycles. The van der Waals surface area contributed by atoms with E-state index in [4.69, 9.17) is 9.47 Å². The molecule has 3 aromatic carbocycles. The van der Waals surface area contributed by atoms with Crippen LogP contribution in [-0.4, -0.2) is 46.0 Å². The summed E-state index contributed by atoms with van der Waals surface area (Å²) in [7, 11) is 1.55. The van der Waals surface area contributed by atoms with Crippen LogP contribution in [0.3, 0.4) is 0 Å². The van der Waals surface area contributed by atoms with Crippen molar-refractivity contribution >= 4 is 29.3 Å². The SMILES string of the molecule is CCOc1ccc(-n2c(CNC(=O)c3cccc(OC)c3)nnc2SCC(=O)Nc2cccc(C)c2)cc1. The van der Waals surface area contributed by atoms with E-state index in [1.54, 1.807) is 31.4 Å². The van der Waals surface area contributed by atoms with E-state index in [1.807, 2.05) is 66.9 Å². The fraction of sp³-hybridized carbons (Fsp3) is 0.214. The normalized spacial score (nSPS) is 10.6. The van der Waals surface area contributed by atoms with Gasteiger partial charge in [-0.1, -0.05) is 30.0 Å². The molecule has 0 aliphatic rings. The van der Waals surface area contributed by atoms with E-state index in [0.29, 0.717) is 28.9 Å². The topological polar surface area (TPSA) is 107 Å². The van der Waals surface area contributed by atoms with Gasteiger partial charge in [-0.05, 0) is 74.0 Å². The van der Waals surface area contributed by atoms with Gasteiger partial charge < -0.3 is 20.1 Å². The molecule has 2 N–H and O–H groups in total. The predicted molar refractivity (Wildman–Crippen MR) is 147 cm³/mol. The van der Waals surface area contributed by atoms with Gasteiger partial charge in [0, 0.05) is 16.9 Å². The number of ether oxygens (including phenoxy) is 2.